The molecule has 0 saturated heterocycles. The predicted molar refractivity (Wildman–Crippen MR) is 176 cm³/mol. The number of aliphatic carboxylic acids is 1. The number of carboxylic acids is 1. The first-order valence-electron chi connectivity index (χ1n) is 15.4. The van der Waals surface area contributed by atoms with E-state index >= 15 is 0 Å². The first-order chi connectivity index (χ1) is 24.2. The van der Waals surface area contributed by atoms with Gasteiger partial charge in [-0.05, 0) is 61.2 Å². The Morgan fingerprint density at radius 1 is 1.02 bits per heavy atom. The lowest BCUT2D eigenvalue weighted by Gasteiger charge is -2.19. The predicted octanol–water partition coefficient (Wildman–Crippen LogP) is 3.55. The van der Waals surface area contributed by atoms with Crippen LogP contribution in [0.25, 0.3) is 0 Å². The molecule has 2 aromatic heterocycles. The second kappa shape index (κ2) is 15.4. The van der Waals surface area contributed by atoms with Gasteiger partial charge in [0.15, 0.2) is 6.61 Å². The number of alkyl halides is 3. The zero-order valence-corrected chi connectivity index (χ0v) is 27.6. The number of hydrogen-bond donors (Lipinski definition) is 5. The Hall–Kier alpha value is -5.78. The molecule has 4 aromatic rings. The summed E-state index contributed by atoms with van der Waals surface area (Å²) in [7, 11) is 1.67. The number of benzene rings is 2. The van der Waals surface area contributed by atoms with Gasteiger partial charge in [0.05, 0.1) is 18.3 Å². The number of Topliss-reactive ketones (excluding diaryl/α,β-unsaturated/α-hetero) is 1. The van der Waals surface area contributed by atoms with Crippen LogP contribution in [-0.2, 0) is 33.4 Å². The van der Waals surface area contributed by atoms with Gasteiger partial charge >= 0.3 is 18.2 Å². The number of nitrogens with zero attached hydrogens (tertiary/aromatic N) is 5. The molecule has 0 radical (unpaired) electrons. The average Bonchev–Trinajstić information content (AvgIpc) is 3.75. The van der Waals surface area contributed by atoms with Gasteiger partial charge in [-0.3, -0.25) is 14.4 Å². The van der Waals surface area contributed by atoms with E-state index in [1.807, 2.05) is 12.1 Å². The molecule has 0 unspecified atom stereocenters. The average molecular weight is 730 g/mol. The number of ether oxygens (including phenoxy) is 1. The van der Waals surface area contributed by atoms with Crippen LogP contribution in [0.4, 0.5) is 30.8 Å². The van der Waals surface area contributed by atoms with E-state index in [9.17, 15) is 37.5 Å². The summed E-state index contributed by atoms with van der Waals surface area (Å²) in [4.78, 5) is 65.2. The summed E-state index contributed by atoms with van der Waals surface area (Å²) in [6.45, 7) is -1.83. The van der Waals surface area contributed by atoms with Crippen LogP contribution in [0, 0.1) is 0 Å². The minimum atomic E-state index is -4.64. The van der Waals surface area contributed by atoms with Gasteiger partial charge in [-0.25, -0.2) is 9.78 Å². The molecule has 2 aromatic carbocycles. The quantitative estimate of drug-likeness (QED) is 0.105. The maximum absolute atomic E-state index is 12.9. The van der Waals surface area contributed by atoms with E-state index in [1.165, 1.54) is 36.8 Å². The number of rotatable bonds is 16. The maximum Gasteiger partial charge on any atom is 0.422 e. The molecule has 2 heterocycles. The van der Waals surface area contributed by atoms with Gasteiger partial charge in [-0.1, -0.05) is 23.7 Å². The van der Waals surface area contributed by atoms with Gasteiger partial charge in [0.25, 0.3) is 11.8 Å². The third-order valence-corrected chi connectivity index (χ3v) is 7.97. The zero-order chi connectivity index (χ0) is 36.8. The number of aromatic nitrogens is 5. The van der Waals surface area contributed by atoms with Crippen molar-refractivity contribution >= 4 is 52.8 Å². The number of hydrogen-bond acceptors (Lipinski definition) is 11. The van der Waals surface area contributed by atoms with E-state index in [-0.39, 0.29) is 36.8 Å². The summed E-state index contributed by atoms with van der Waals surface area (Å²) in [5, 5.41) is 20.9. The Morgan fingerprint density at radius 3 is 2.31 bits per heavy atom. The molecule has 0 aliphatic heterocycles. The Bertz CT molecular complexity index is 1900. The van der Waals surface area contributed by atoms with Crippen LogP contribution in [0.3, 0.4) is 0 Å². The van der Waals surface area contributed by atoms with Crippen molar-refractivity contribution in [3.8, 4) is 6.01 Å². The summed E-state index contributed by atoms with van der Waals surface area (Å²) in [5.74, 6) is -3.92. The molecule has 1 fully saturated rings. The molecule has 0 bridgehead atoms. The summed E-state index contributed by atoms with van der Waals surface area (Å²) >= 11 is 6.01. The molecule has 1 saturated carbocycles. The van der Waals surface area contributed by atoms with Gasteiger partial charge in [-0.15, -0.1) is 0 Å². The van der Waals surface area contributed by atoms with Gasteiger partial charge < -0.3 is 35.7 Å². The van der Waals surface area contributed by atoms with Crippen molar-refractivity contribution in [3.05, 3.63) is 82.9 Å². The molecule has 51 heavy (non-hydrogen) atoms. The monoisotopic (exact) mass is 729 g/mol. The highest BCUT2D eigenvalue weighted by atomic mass is 35.5. The second-order valence-electron chi connectivity index (χ2n) is 11.6. The molecule has 1 atom stereocenters. The molecule has 5 rings (SSSR count). The highest BCUT2D eigenvalue weighted by Gasteiger charge is 2.45. The third-order valence-electron chi connectivity index (χ3n) is 7.71. The lowest BCUT2D eigenvalue weighted by molar-refractivity contribution is -0.154. The van der Waals surface area contributed by atoms with Crippen LogP contribution in [0.2, 0.25) is 5.02 Å². The third kappa shape index (κ3) is 10.1. The fourth-order valence-corrected chi connectivity index (χ4v) is 4.96. The second-order valence-corrected chi connectivity index (χ2v) is 12.0. The molecule has 19 heteroatoms. The summed E-state index contributed by atoms with van der Waals surface area (Å²) in [5.41, 5.74) is 1.26. The molecular formula is C32H31ClF3N9O6. The SMILES string of the molecule is Cn1cncc1CC(=O)C(=O)NCC[C@H](NC(=O)c1ccc(Nc2nc(NC3(c4ccc(Cl)cc4)CC3)nc(OCC(F)(F)F)n2)cc1)C(=O)O. The molecule has 2 amide bonds. The van der Waals surface area contributed by atoms with Crippen LogP contribution in [-0.4, -0.2) is 78.5 Å². The molecule has 5 N–H and O–H groups in total. The first kappa shape index (κ1) is 36.5. The molecule has 15 nitrogen and oxygen atoms in total. The van der Waals surface area contributed by atoms with Gasteiger partial charge in [0, 0.05) is 41.8 Å². The molecule has 0 spiro atoms. The van der Waals surface area contributed by atoms with Crippen molar-refractivity contribution in [2.45, 2.75) is 43.4 Å². The van der Waals surface area contributed by atoms with Crippen molar-refractivity contribution in [2.24, 2.45) is 7.05 Å². The van der Waals surface area contributed by atoms with Crippen molar-refractivity contribution in [1.29, 1.82) is 0 Å². The smallest absolute Gasteiger partial charge is 0.422 e. The van der Waals surface area contributed by atoms with Crippen LogP contribution >= 0.6 is 11.6 Å². The molecule has 1 aliphatic carbocycles. The van der Waals surface area contributed by atoms with Crippen LogP contribution in [0.15, 0.2) is 61.1 Å². The largest absolute Gasteiger partial charge is 0.480 e. The number of aryl methyl sites for hydroxylation is 1. The van der Waals surface area contributed by atoms with E-state index in [0.29, 0.717) is 29.2 Å². The lowest BCUT2D eigenvalue weighted by Crippen LogP contribution is -2.43. The Kier molecular flexibility index (Phi) is 11.0. The van der Waals surface area contributed by atoms with Gasteiger partial charge in [-0.2, -0.15) is 28.1 Å². The standard InChI is InChI=1S/C32H31ClF3N9O6/c1-45-17-37-15-22(45)14-24(46)26(48)38-13-10-23(27(49)50)40-25(47)18-2-8-21(9-3-18)39-28-41-29(43-30(42-28)51-16-32(34,35)36)44-31(11-12-31)19-4-6-20(33)7-5-19/h2-9,15,17,23H,10-14,16H2,1H3,(H,38,48)(H,40,47)(H,49,50)(H2,39,41,42,43,44)/t23-/m0/s1. The molecular weight excluding hydrogens is 699 g/mol. The number of imidazole rings is 1. The summed E-state index contributed by atoms with van der Waals surface area (Å²) in [6, 6.07) is 10.8. The summed E-state index contributed by atoms with van der Waals surface area (Å²) < 4.78 is 45.1. The molecule has 1 aliphatic rings. The highest BCUT2D eigenvalue weighted by molar-refractivity contribution is 6.36. The number of anilines is 3. The van der Waals surface area contributed by atoms with E-state index in [0.717, 1.165) is 5.56 Å². The van der Waals surface area contributed by atoms with Crippen molar-refractivity contribution in [1.82, 2.24) is 35.1 Å². The number of amides is 2. The number of nitrogens with one attached hydrogen (secondary N) is 4. The van der Waals surface area contributed by atoms with E-state index in [2.05, 4.69) is 41.2 Å². The number of carbonyl (C=O) groups is 4. The fraction of sp³-hybridized carbons (Fsp3) is 0.312. The van der Waals surface area contributed by atoms with Crippen molar-refractivity contribution in [2.75, 3.05) is 23.8 Å². The number of halogens is 4. The van der Waals surface area contributed by atoms with Crippen molar-refractivity contribution < 1.29 is 42.2 Å². The van der Waals surface area contributed by atoms with Gasteiger partial charge in [0.1, 0.15) is 6.04 Å². The minimum absolute atomic E-state index is 0.0400. The van der Waals surface area contributed by atoms with Crippen LogP contribution in [0.1, 0.15) is 40.9 Å². The van der Waals surface area contributed by atoms with Crippen molar-refractivity contribution in [3.63, 3.8) is 0 Å². The number of carboxylic acid groups (broad SMARTS) is 1. The highest BCUT2D eigenvalue weighted by Crippen LogP contribution is 2.48. The lowest BCUT2D eigenvalue weighted by atomic mass is 10.1. The number of ketones is 1. The van der Waals surface area contributed by atoms with E-state index < -0.39 is 53.9 Å². The molecule has 268 valence electrons. The fourth-order valence-electron chi connectivity index (χ4n) is 4.83. The van der Waals surface area contributed by atoms with E-state index in [1.54, 1.807) is 23.7 Å². The van der Waals surface area contributed by atoms with E-state index in [4.69, 9.17) is 16.3 Å². The first-order valence-corrected chi connectivity index (χ1v) is 15.7. The number of carbonyl (C=O) groups excluding carboxylic acids is 3. The van der Waals surface area contributed by atoms with Crippen LogP contribution < -0.4 is 26.0 Å². The Balaban J connectivity index is 1.20. The normalized spacial score (nSPS) is 13.8. The maximum atomic E-state index is 12.9. The Morgan fingerprint density at radius 2 is 1.71 bits per heavy atom. The minimum Gasteiger partial charge on any atom is -0.480 e. The summed E-state index contributed by atoms with van der Waals surface area (Å²) in [6.07, 6.45) is -0.693. The topological polar surface area (TPSA) is 202 Å². The zero-order valence-electron chi connectivity index (χ0n) is 26.8. The van der Waals surface area contributed by atoms with Gasteiger partial charge in [0.2, 0.25) is 17.7 Å². The Labute approximate surface area is 293 Å². The van der Waals surface area contributed by atoms with Crippen LogP contribution in [0.5, 0.6) is 6.01 Å².